The number of nitrogens with zero attached hydrogens (tertiary/aromatic N) is 2. The number of aryl methyl sites for hydroxylation is 2. The lowest BCUT2D eigenvalue weighted by molar-refractivity contribution is 0.354. The molecule has 2 aromatic carbocycles. The molecule has 1 fully saturated rings. The van der Waals surface area contributed by atoms with Crippen LogP contribution in [0.4, 0.5) is 0 Å². The maximum Gasteiger partial charge on any atom is 0.160 e. The third-order valence-electron chi connectivity index (χ3n) is 4.75. The first-order chi connectivity index (χ1) is 12.2. The van der Waals surface area contributed by atoms with E-state index in [4.69, 9.17) is 26.1 Å². The van der Waals surface area contributed by atoms with Crippen LogP contribution in [0.15, 0.2) is 36.4 Å². The third-order valence-corrected chi connectivity index (χ3v) is 4.99. The highest BCUT2D eigenvalue weighted by atomic mass is 35.5. The summed E-state index contributed by atoms with van der Waals surface area (Å²) in [6.45, 7) is 0.888. The molecule has 1 aromatic heterocycles. The van der Waals surface area contributed by atoms with Gasteiger partial charge < -0.3 is 14.0 Å². The summed E-state index contributed by atoms with van der Waals surface area (Å²) in [5.74, 6) is 3.31. The van der Waals surface area contributed by atoms with E-state index in [0.717, 1.165) is 40.5 Å². The highest BCUT2D eigenvalue weighted by Crippen LogP contribution is 2.41. The molecule has 0 N–H and O–H groups in total. The number of benzene rings is 2. The van der Waals surface area contributed by atoms with E-state index < -0.39 is 0 Å². The molecule has 4 rings (SSSR count). The summed E-state index contributed by atoms with van der Waals surface area (Å²) >= 11 is 6.14. The van der Waals surface area contributed by atoms with Gasteiger partial charge in [0.1, 0.15) is 5.82 Å². The number of ether oxygens (including phenoxy) is 2. The van der Waals surface area contributed by atoms with Crippen molar-refractivity contribution >= 4 is 22.6 Å². The molecule has 1 aliphatic carbocycles. The summed E-state index contributed by atoms with van der Waals surface area (Å²) in [4.78, 5) is 4.84. The molecule has 5 heteroatoms. The van der Waals surface area contributed by atoms with Gasteiger partial charge in [-0.3, -0.25) is 0 Å². The van der Waals surface area contributed by atoms with Crippen LogP contribution in [0.1, 0.15) is 30.1 Å². The molecule has 0 bridgehead atoms. The van der Waals surface area contributed by atoms with Crippen LogP contribution in [0.2, 0.25) is 5.02 Å². The Morgan fingerprint density at radius 1 is 1.08 bits per heavy atom. The number of hydrogen-bond acceptors (Lipinski definition) is 3. The lowest BCUT2D eigenvalue weighted by atomic mass is 10.1. The SMILES string of the molecule is COc1ccc(CCn2c(C3CC3)nc3cc(Cl)ccc32)cc1OC. The van der Waals surface area contributed by atoms with Gasteiger partial charge in [0.2, 0.25) is 0 Å². The summed E-state index contributed by atoms with van der Waals surface area (Å²) in [5.41, 5.74) is 3.36. The number of hydrogen-bond donors (Lipinski definition) is 0. The number of imidazole rings is 1. The molecule has 0 spiro atoms. The van der Waals surface area contributed by atoms with Crippen LogP contribution >= 0.6 is 11.6 Å². The lowest BCUT2D eigenvalue weighted by Gasteiger charge is -2.12. The second-order valence-corrected chi connectivity index (χ2v) is 6.90. The minimum Gasteiger partial charge on any atom is -0.493 e. The van der Waals surface area contributed by atoms with Crippen molar-refractivity contribution in [2.45, 2.75) is 31.7 Å². The van der Waals surface area contributed by atoms with Gasteiger partial charge in [0.15, 0.2) is 11.5 Å². The molecule has 0 atom stereocenters. The highest BCUT2D eigenvalue weighted by molar-refractivity contribution is 6.31. The fourth-order valence-corrected chi connectivity index (χ4v) is 3.45. The van der Waals surface area contributed by atoms with Gasteiger partial charge >= 0.3 is 0 Å². The van der Waals surface area contributed by atoms with E-state index in [1.807, 2.05) is 24.3 Å². The van der Waals surface area contributed by atoms with Gasteiger partial charge in [0.05, 0.1) is 25.3 Å². The Labute approximate surface area is 152 Å². The zero-order valence-corrected chi connectivity index (χ0v) is 15.2. The van der Waals surface area contributed by atoms with Crippen LogP contribution in [0, 0.1) is 0 Å². The average Bonchev–Trinajstić information content (AvgIpc) is 3.41. The van der Waals surface area contributed by atoms with Gasteiger partial charge in [-0.15, -0.1) is 0 Å². The fraction of sp³-hybridized carbons (Fsp3) is 0.350. The van der Waals surface area contributed by atoms with Crippen LogP contribution in [-0.4, -0.2) is 23.8 Å². The Balaban J connectivity index is 1.63. The molecule has 25 heavy (non-hydrogen) atoms. The first kappa shape index (κ1) is 16.3. The Kier molecular flexibility index (Phi) is 4.30. The Bertz CT molecular complexity index is 915. The van der Waals surface area contributed by atoms with Gasteiger partial charge in [-0.2, -0.15) is 0 Å². The topological polar surface area (TPSA) is 36.3 Å². The van der Waals surface area contributed by atoms with Crippen molar-refractivity contribution in [1.82, 2.24) is 9.55 Å². The molecule has 1 saturated carbocycles. The zero-order valence-electron chi connectivity index (χ0n) is 14.5. The number of aromatic nitrogens is 2. The molecule has 0 radical (unpaired) electrons. The van der Waals surface area contributed by atoms with Crippen molar-refractivity contribution < 1.29 is 9.47 Å². The van der Waals surface area contributed by atoms with E-state index in [2.05, 4.69) is 16.7 Å². The number of halogens is 1. The summed E-state index contributed by atoms with van der Waals surface area (Å²) in [6, 6.07) is 12.1. The molecule has 0 saturated heterocycles. The summed E-state index contributed by atoms with van der Waals surface area (Å²) in [5, 5.41) is 0.736. The van der Waals surface area contributed by atoms with Crippen LogP contribution in [0.25, 0.3) is 11.0 Å². The fourth-order valence-electron chi connectivity index (χ4n) is 3.29. The van der Waals surface area contributed by atoms with E-state index in [0.29, 0.717) is 5.92 Å². The first-order valence-corrected chi connectivity index (χ1v) is 8.94. The maximum atomic E-state index is 6.14. The van der Waals surface area contributed by atoms with E-state index >= 15 is 0 Å². The lowest BCUT2D eigenvalue weighted by Crippen LogP contribution is -2.06. The minimum absolute atomic E-state index is 0.594. The molecule has 0 unspecified atom stereocenters. The molecule has 3 aromatic rings. The number of fused-ring (bicyclic) bond motifs is 1. The third kappa shape index (κ3) is 3.19. The zero-order chi connectivity index (χ0) is 17.4. The van der Waals surface area contributed by atoms with E-state index in [-0.39, 0.29) is 0 Å². The predicted octanol–water partition coefficient (Wildman–Crippen LogP) is 4.83. The number of methoxy groups -OCH3 is 2. The largest absolute Gasteiger partial charge is 0.493 e. The monoisotopic (exact) mass is 356 g/mol. The Morgan fingerprint density at radius 2 is 1.88 bits per heavy atom. The summed E-state index contributed by atoms with van der Waals surface area (Å²) in [6.07, 6.45) is 3.37. The van der Waals surface area contributed by atoms with Gasteiger partial charge in [-0.05, 0) is 55.2 Å². The van der Waals surface area contributed by atoms with Gasteiger partial charge in [0, 0.05) is 17.5 Å². The quantitative estimate of drug-likeness (QED) is 0.634. The van der Waals surface area contributed by atoms with E-state index in [9.17, 15) is 0 Å². The smallest absolute Gasteiger partial charge is 0.160 e. The van der Waals surface area contributed by atoms with Gasteiger partial charge in [-0.1, -0.05) is 17.7 Å². The first-order valence-electron chi connectivity index (χ1n) is 8.56. The maximum absolute atomic E-state index is 6.14. The van der Waals surface area contributed by atoms with E-state index in [1.165, 1.54) is 24.2 Å². The van der Waals surface area contributed by atoms with Crippen molar-refractivity contribution in [2.24, 2.45) is 0 Å². The minimum atomic E-state index is 0.594. The molecule has 130 valence electrons. The van der Waals surface area contributed by atoms with Crippen molar-refractivity contribution in [3.8, 4) is 11.5 Å². The van der Waals surface area contributed by atoms with Crippen LogP contribution in [-0.2, 0) is 13.0 Å². The summed E-state index contributed by atoms with van der Waals surface area (Å²) < 4.78 is 13.1. The molecule has 1 aliphatic rings. The second kappa shape index (κ2) is 6.60. The normalized spacial score (nSPS) is 14.0. The average molecular weight is 357 g/mol. The molecule has 0 aliphatic heterocycles. The van der Waals surface area contributed by atoms with Crippen molar-refractivity contribution in [3.63, 3.8) is 0 Å². The van der Waals surface area contributed by atoms with Gasteiger partial charge in [0.25, 0.3) is 0 Å². The molecular weight excluding hydrogens is 336 g/mol. The standard InChI is InChI=1S/C20H21ClN2O2/c1-24-18-8-3-13(11-19(18)25-2)9-10-23-17-7-6-15(21)12-16(17)22-20(23)14-4-5-14/h3,6-8,11-12,14H,4-5,9-10H2,1-2H3. The second-order valence-electron chi connectivity index (χ2n) is 6.47. The van der Waals surface area contributed by atoms with Gasteiger partial charge in [-0.25, -0.2) is 4.98 Å². The van der Waals surface area contributed by atoms with Crippen LogP contribution < -0.4 is 9.47 Å². The van der Waals surface area contributed by atoms with Crippen LogP contribution in [0.3, 0.4) is 0 Å². The highest BCUT2D eigenvalue weighted by Gasteiger charge is 2.29. The summed E-state index contributed by atoms with van der Waals surface area (Å²) in [7, 11) is 3.32. The van der Waals surface area contributed by atoms with Crippen LogP contribution in [0.5, 0.6) is 11.5 Å². The Hall–Kier alpha value is -2.20. The number of rotatable bonds is 6. The molecule has 1 heterocycles. The molecule has 4 nitrogen and oxygen atoms in total. The predicted molar refractivity (Wildman–Crippen MR) is 100.0 cm³/mol. The Morgan fingerprint density at radius 3 is 2.60 bits per heavy atom. The van der Waals surface area contributed by atoms with Crippen molar-refractivity contribution in [3.05, 3.63) is 52.8 Å². The van der Waals surface area contributed by atoms with Crippen molar-refractivity contribution in [1.29, 1.82) is 0 Å². The van der Waals surface area contributed by atoms with Crippen molar-refractivity contribution in [2.75, 3.05) is 14.2 Å². The molecule has 0 amide bonds. The molecular formula is C20H21ClN2O2. The van der Waals surface area contributed by atoms with E-state index in [1.54, 1.807) is 14.2 Å².